The summed E-state index contributed by atoms with van der Waals surface area (Å²) in [6, 6.07) is 11.1. The highest BCUT2D eigenvalue weighted by Gasteiger charge is 2.28. The Bertz CT molecular complexity index is 1170. The van der Waals surface area contributed by atoms with Gasteiger partial charge in [0.2, 0.25) is 0 Å². The first-order valence-corrected chi connectivity index (χ1v) is 9.92. The lowest BCUT2D eigenvalue weighted by atomic mass is 10.1. The molecule has 1 heterocycles. The first-order chi connectivity index (χ1) is 15.6. The van der Waals surface area contributed by atoms with Gasteiger partial charge in [0.05, 0.1) is 18.9 Å². The minimum Gasteiger partial charge on any atom is -0.496 e. The van der Waals surface area contributed by atoms with E-state index in [9.17, 15) is 19.5 Å². The molecule has 3 amide bonds. The first kappa shape index (κ1) is 23.3. The minimum atomic E-state index is -1.13. The number of ether oxygens (including phenoxy) is 1. The molecule has 0 unspecified atom stereocenters. The number of benzene rings is 2. The van der Waals surface area contributed by atoms with Gasteiger partial charge in [-0.1, -0.05) is 6.07 Å². The van der Waals surface area contributed by atoms with Crippen LogP contribution in [0.5, 0.6) is 5.75 Å². The number of carbonyl (C=O) groups excluding carboxylic acids is 2. The van der Waals surface area contributed by atoms with Crippen molar-refractivity contribution in [3.63, 3.8) is 0 Å². The third-order valence-electron chi connectivity index (χ3n) is 4.59. The molecule has 0 aliphatic heterocycles. The summed E-state index contributed by atoms with van der Waals surface area (Å²) >= 11 is 0. The fourth-order valence-electron chi connectivity index (χ4n) is 3.20. The second-order valence-electron chi connectivity index (χ2n) is 8.03. The zero-order chi connectivity index (χ0) is 24.2. The predicted molar refractivity (Wildman–Crippen MR) is 122 cm³/mol. The Morgan fingerprint density at radius 1 is 1.03 bits per heavy atom. The first-order valence-electron chi connectivity index (χ1n) is 9.92. The molecule has 10 heteroatoms. The van der Waals surface area contributed by atoms with Crippen LogP contribution in [0.3, 0.4) is 0 Å². The Morgan fingerprint density at radius 2 is 1.70 bits per heavy atom. The number of nitrogens with one attached hydrogen (secondary N) is 2. The van der Waals surface area contributed by atoms with E-state index in [1.165, 1.54) is 30.7 Å². The van der Waals surface area contributed by atoms with Gasteiger partial charge in [-0.2, -0.15) is 0 Å². The van der Waals surface area contributed by atoms with Crippen LogP contribution in [-0.4, -0.2) is 40.6 Å². The van der Waals surface area contributed by atoms with Crippen molar-refractivity contribution in [3.05, 3.63) is 55.1 Å². The van der Waals surface area contributed by atoms with E-state index in [1.807, 2.05) is 0 Å². The number of hydrogen-bond donors (Lipinski definition) is 3. The van der Waals surface area contributed by atoms with Gasteiger partial charge in [-0.15, -0.1) is 0 Å². The maximum absolute atomic E-state index is 12.4. The van der Waals surface area contributed by atoms with Crippen LogP contribution in [0.25, 0.3) is 11.3 Å². The maximum Gasteiger partial charge on any atom is 0.412 e. The summed E-state index contributed by atoms with van der Waals surface area (Å²) in [5.74, 6) is -0.898. The van der Waals surface area contributed by atoms with E-state index in [2.05, 4.69) is 15.6 Å². The average molecular weight is 452 g/mol. The molecule has 3 aromatic rings. The van der Waals surface area contributed by atoms with E-state index in [-0.39, 0.29) is 5.69 Å². The third kappa shape index (κ3) is 5.48. The van der Waals surface area contributed by atoms with Crippen LogP contribution in [0.4, 0.5) is 21.9 Å². The van der Waals surface area contributed by atoms with Crippen LogP contribution >= 0.6 is 0 Å². The average Bonchev–Trinajstić information content (AvgIpc) is 3.27. The van der Waals surface area contributed by atoms with Crippen LogP contribution < -0.4 is 20.3 Å². The summed E-state index contributed by atoms with van der Waals surface area (Å²) in [6.45, 7) is 5.26. The lowest BCUT2D eigenvalue weighted by Gasteiger charge is -2.33. The lowest BCUT2D eigenvalue weighted by Crippen LogP contribution is -2.45. The Hall–Kier alpha value is -4.34. The smallest absolute Gasteiger partial charge is 0.412 e. The molecule has 0 aliphatic carbocycles. The topological polar surface area (TPSA) is 134 Å². The fraction of sp³-hybridized carbons (Fsp3) is 0.217. The molecule has 172 valence electrons. The number of oxazole rings is 1. The zero-order valence-electron chi connectivity index (χ0n) is 18.6. The van der Waals surface area contributed by atoms with E-state index >= 15 is 0 Å². The van der Waals surface area contributed by atoms with Gasteiger partial charge in [-0.25, -0.2) is 9.78 Å². The quantitative estimate of drug-likeness (QED) is 0.494. The summed E-state index contributed by atoms with van der Waals surface area (Å²) in [5.41, 5.74) is 0.912. The predicted octanol–water partition coefficient (Wildman–Crippen LogP) is 4.21. The van der Waals surface area contributed by atoms with Crippen molar-refractivity contribution in [2.45, 2.75) is 26.3 Å². The van der Waals surface area contributed by atoms with Crippen molar-refractivity contribution in [2.75, 3.05) is 22.6 Å². The van der Waals surface area contributed by atoms with Crippen molar-refractivity contribution in [1.82, 2.24) is 4.98 Å². The third-order valence-corrected chi connectivity index (χ3v) is 4.59. The fourth-order valence-corrected chi connectivity index (χ4v) is 3.20. The van der Waals surface area contributed by atoms with E-state index < -0.39 is 23.4 Å². The van der Waals surface area contributed by atoms with Crippen molar-refractivity contribution in [3.8, 4) is 17.1 Å². The van der Waals surface area contributed by atoms with Crippen molar-refractivity contribution < 1.29 is 28.6 Å². The highest BCUT2D eigenvalue weighted by atomic mass is 16.5. The Kier molecular flexibility index (Phi) is 6.67. The molecule has 0 atom stereocenters. The molecule has 3 rings (SSSR count). The molecule has 0 radical (unpaired) electrons. The van der Waals surface area contributed by atoms with Gasteiger partial charge in [-0.05, 0) is 51.1 Å². The van der Waals surface area contributed by atoms with Crippen molar-refractivity contribution in [2.24, 2.45) is 0 Å². The molecule has 0 saturated carbocycles. The van der Waals surface area contributed by atoms with Crippen molar-refractivity contribution in [1.29, 1.82) is 0 Å². The standard InChI is InChI=1S/C23H24N4O6/c1-23(2,3)27(22(30)31)16-7-5-6-14(10-16)25-20(28)21(29)26-15-8-9-17(18(11-15)32-4)19-12-24-13-33-19/h5-13H,1-4H3,(H,25,28)(H,26,29)(H,30,31). The summed E-state index contributed by atoms with van der Waals surface area (Å²) < 4.78 is 10.6. The second-order valence-corrected chi connectivity index (χ2v) is 8.03. The molecule has 3 N–H and O–H groups in total. The van der Waals surface area contributed by atoms with E-state index in [0.29, 0.717) is 28.4 Å². The molecule has 0 spiro atoms. The van der Waals surface area contributed by atoms with Gasteiger partial charge in [0.1, 0.15) is 5.75 Å². The summed E-state index contributed by atoms with van der Waals surface area (Å²) in [5, 5.41) is 14.6. The number of hydrogen-bond acceptors (Lipinski definition) is 6. The molecule has 33 heavy (non-hydrogen) atoms. The normalized spacial score (nSPS) is 10.9. The molecule has 0 aliphatic rings. The zero-order valence-corrected chi connectivity index (χ0v) is 18.6. The number of methoxy groups -OCH3 is 1. The number of amides is 3. The van der Waals surface area contributed by atoms with Gasteiger partial charge >= 0.3 is 17.9 Å². The van der Waals surface area contributed by atoms with Gasteiger partial charge < -0.3 is 24.9 Å². The largest absolute Gasteiger partial charge is 0.496 e. The molecule has 0 saturated heterocycles. The van der Waals surface area contributed by atoms with Gasteiger partial charge in [0.25, 0.3) is 0 Å². The number of carboxylic acid groups (broad SMARTS) is 1. The Balaban J connectivity index is 1.73. The van der Waals surface area contributed by atoms with Gasteiger partial charge in [-0.3, -0.25) is 14.5 Å². The van der Waals surface area contributed by atoms with Crippen LogP contribution in [0.2, 0.25) is 0 Å². The van der Waals surface area contributed by atoms with Crippen LogP contribution in [0, 0.1) is 0 Å². The van der Waals surface area contributed by atoms with Gasteiger partial charge in [0, 0.05) is 28.7 Å². The second kappa shape index (κ2) is 9.43. The molecule has 2 aromatic carbocycles. The lowest BCUT2D eigenvalue weighted by molar-refractivity contribution is -0.132. The van der Waals surface area contributed by atoms with Gasteiger partial charge in [0.15, 0.2) is 12.2 Å². The number of anilines is 3. The van der Waals surface area contributed by atoms with Crippen LogP contribution in [0.1, 0.15) is 20.8 Å². The van der Waals surface area contributed by atoms with E-state index in [4.69, 9.17) is 9.15 Å². The van der Waals surface area contributed by atoms with Crippen molar-refractivity contribution >= 4 is 35.0 Å². The maximum atomic E-state index is 12.4. The van der Waals surface area contributed by atoms with Crippen LogP contribution in [0.15, 0.2) is 59.5 Å². The Morgan fingerprint density at radius 3 is 2.24 bits per heavy atom. The SMILES string of the molecule is COc1cc(NC(=O)C(=O)Nc2cccc(N(C(=O)O)C(C)(C)C)c2)ccc1-c1cnco1. The molecule has 0 fully saturated rings. The van der Waals surface area contributed by atoms with E-state index in [0.717, 1.165) is 0 Å². The van der Waals surface area contributed by atoms with E-state index in [1.54, 1.807) is 57.2 Å². The molecule has 1 aromatic heterocycles. The summed E-state index contributed by atoms with van der Waals surface area (Å²) in [7, 11) is 1.47. The number of nitrogens with zero attached hydrogens (tertiary/aromatic N) is 2. The molecular weight excluding hydrogens is 428 g/mol. The summed E-state index contributed by atoms with van der Waals surface area (Å²) in [6.07, 6.45) is 1.69. The number of carbonyl (C=O) groups is 3. The minimum absolute atomic E-state index is 0.279. The highest BCUT2D eigenvalue weighted by Crippen LogP contribution is 2.32. The number of rotatable bonds is 5. The molecule has 10 nitrogen and oxygen atoms in total. The molecule has 0 bridgehead atoms. The highest BCUT2D eigenvalue weighted by molar-refractivity contribution is 6.43. The molecular formula is C23H24N4O6. The number of aromatic nitrogens is 1. The van der Waals surface area contributed by atoms with Crippen LogP contribution in [-0.2, 0) is 9.59 Å². The summed E-state index contributed by atoms with van der Waals surface area (Å²) in [4.78, 5) is 41.6. The monoisotopic (exact) mass is 452 g/mol. The Labute approximate surface area is 190 Å².